The summed E-state index contributed by atoms with van der Waals surface area (Å²) in [5.74, 6) is -1.01. The molecule has 0 bridgehead atoms. The lowest BCUT2D eigenvalue weighted by Gasteiger charge is -2.01. The zero-order chi connectivity index (χ0) is 10.8. The molecule has 2 aromatic rings. The van der Waals surface area contributed by atoms with Crippen LogP contribution in [0.2, 0.25) is 0 Å². The summed E-state index contributed by atoms with van der Waals surface area (Å²) in [5, 5.41) is 15.3. The number of aromatic carboxylic acids is 1. The van der Waals surface area contributed by atoms with Crippen molar-refractivity contribution in [3.05, 3.63) is 34.7 Å². The molecule has 2 aromatic heterocycles. The standard InChI is InChI=1S/C9H6BrN3O2/c10-7-4-11-2-1-5(7)8-6(9(14)15)3-12-13-8/h1-4H,(H,12,13)(H,14,15). The monoisotopic (exact) mass is 267 g/mol. The van der Waals surface area contributed by atoms with E-state index in [1.807, 2.05) is 0 Å². The second-order valence-electron chi connectivity index (χ2n) is 2.82. The summed E-state index contributed by atoms with van der Waals surface area (Å²) in [7, 11) is 0. The fraction of sp³-hybridized carbons (Fsp3) is 0. The summed E-state index contributed by atoms with van der Waals surface area (Å²) < 4.78 is 0.719. The van der Waals surface area contributed by atoms with Gasteiger partial charge in [-0.3, -0.25) is 10.1 Å². The molecule has 0 radical (unpaired) electrons. The van der Waals surface area contributed by atoms with Crippen LogP contribution in [0.15, 0.2) is 29.1 Å². The van der Waals surface area contributed by atoms with Gasteiger partial charge in [0.05, 0.1) is 11.9 Å². The topological polar surface area (TPSA) is 78.9 Å². The molecule has 0 aliphatic carbocycles. The lowest BCUT2D eigenvalue weighted by atomic mass is 10.1. The maximum atomic E-state index is 10.9. The number of hydrogen-bond donors (Lipinski definition) is 2. The Morgan fingerprint density at radius 3 is 2.93 bits per heavy atom. The Morgan fingerprint density at radius 1 is 1.47 bits per heavy atom. The maximum absolute atomic E-state index is 10.9. The van der Waals surface area contributed by atoms with E-state index in [1.165, 1.54) is 6.20 Å². The van der Waals surface area contributed by atoms with Crippen molar-refractivity contribution in [3.63, 3.8) is 0 Å². The molecule has 2 heterocycles. The number of halogens is 1. The highest BCUT2D eigenvalue weighted by Gasteiger charge is 2.15. The number of carbonyl (C=O) groups is 1. The minimum absolute atomic E-state index is 0.141. The number of aromatic nitrogens is 3. The highest BCUT2D eigenvalue weighted by Crippen LogP contribution is 2.27. The van der Waals surface area contributed by atoms with Gasteiger partial charge in [0.15, 0.2) is 0 Å². The van der Waals surface area contributed by atoms with E-state index in [2.05, 4.69) is 31.1 Å². The summed E-state index contributed by atoms with van der Waals surface area (Å²) in [5.41, 5.74) is 1.33. The van der Waals surface area contributed by atoms with E-state index in [9.17, 15) is 4.79 Å². The number of nitrogens with one attached hydrogen (secondary N) is 1. The number of carboxylic acids is 1. The van der Waals surface area contributed by atoms with Crippen molar-refractivity contribution in [3.8, 4) is 11.3 Å². The van der Waals surface area contributed by atoms with Crippen molar-refractivity contribution >= 4 is 21.9 Å². The van der Waals surface area contributed by atoms with Crippen molar-refractivity contribution in [1.82, 2.24) is 15.2 Å². The molecule has 0 spiro atoms. The second kappa shape index (κ2) is 3.82. The van der Waals surface area contributed by atoms with Gasteiger partial charge in [-0.15, -0.1) is 0 Å². The summed E-state index contributed by atoms with van der Waals surface area (Å²) in [6, 6.07) is 1.71. The van der Waals surface area contributed by atoms with E-state index >= 15 is 0 Å². The molecule has 76 valence electrons. The van der Waals surface area contributed by atoms with E-state index in [0.717, 1.165) is 10.0 Å². The number of pyridine rings is 1. The van der Waals surface area contributed by atoms with Gasteiger partial charge in [0, 0.05) is 22.4 Å². The first-order chi connectivity index (χ1) is 7.20. The van der Waals surface area contributed by atoms with Crippen LogP contribution in [-0.2, 0) is 0 Å². The van der Waals surface area contributed by atoms with E-state index in [4.69, 9.17) is 5.11 Å². The smallest absolute Gasteiger partial charge is 0.339 e. The fourth-order valence-corrected chi connectivity index (χ4v) is 1.68. The fourth-order valence-electron chi connectivity index (χ4n) is 1.23. The van der Waals surface area contributed by atoms with Gasteiger partial charge in [0.2, 0.25) is 0 Å². The van der Waals surface area contributed by atoms with Gasteiger partial charge in [0.25, 0.3) is 0 Å². The molecule has 2 N–H and O–H groups in total. The molecule has 0 saturated carbocycles. The molecular formula is C9H6BrN3O2. The van der Waals surface area contributed by atoms with Crippen molar-refractivity contribution in [2.24, 2.45) is 0 Å². The average molecular weight is 268 g/mol. The summed E-state index contributed by atoms with van der Waals surface area (Å²) in [6.45, 7) is 0. The molecule has 0 saturated heterocycles. The molecule has 0 aromatic carbocycles. The zero-order valence-electron chi connectivity index (χ0n) is 7.44. The van der Waals surface area contributed by atoms with Gasteiger partial charge < -0.3 is 5.11 Å². The molecule has 0 aliphatic rings. The van der Waals surface area contributed by atoms with Crippen LogP contribution in [0.3, 0.4) is 0 Å². The minimum atomic E-state index is -1.01. The van der Waals surface area contributed by atoms with E-state index in [-0.39, 0.29) is 5.56 Å². The Hall–Kier alpha value is -1.69. The second-order valence-corrected chi connectivity index (χ2v) is 3.67. The van der Waals surface area contributed by atoms with Gasteiger partial charge in [-0.05, 0) is 22.0 Å². The third-order valence-corrected chi connectivity index (χ3v) is 2.54. The summed E-state index contributed by atoms with van der Waals surface area (Å²) >= 11 is 3.30. The van der Waals surface area contributed by atoms with Gasteiger partial charge in [0.1, 0.15) is 5.56 Å². The van der Waals surface area contributed by atoms with Crippen LogP contribution in [0.25, 0.3) is 11.3 Å². The number of H-pyrrole nitrogens is 1. The van der Waals surface area contributed by atoms with Crippen molar-refractivity contribution in [2.45, 2.75) is 0 Å². The number of hydrogen-bond acceptors (Lipinski definition) is 3. The first-order valence-electron chi connectivity index (χ1n) is 4.06. The molecular weight excluding hydrogens is 262 g/mol. The highest BCUT2D eigenvalue weighted by atomic mass is 79.9. The predicted octanol–water partition coefficient (Wildman–Crippen LogP) is 1.93. The van der Waals surface area contributed by atoms with Crippen molar-refractivity contribution in [1.29, 1.82) is 0 Å². The normalized spacial score (nSPS) is 10.2. The van der Waals surface area contributed by atoms with Crippen LogP contribution >= 0.6 is 15.9 Å². The first kappa shape index (κ1) is 9.85. The number of aromatic amines is 1. The van der Waals surface area contributed by atoms with Gasteiger partial charge in [-0.2, -0.15) is 5.10 Å². The SMILES string of the molecule is O=C(O)c1cn[nH]c1-c1ccncc1Br. The van der Waals surface area contributed by atoms with Gasteiger partial charge in [-0.1, -0.05) is 0 Å². The van der Waals surface area contributed by atoms with Crippen LogP contribution in [-0.4, -0.2) is 26.3 Å². The Balaban J connectivity index is 2.59. The quantitative estimate of drug-likeness (QED) is 0.872. The zero-order valence-corrected chi connectivity index (χ0v) is 9.02. The van der Waals surface area contributed by atoms with Crippen LogP contribution < -0.4 is 0 Å². The molecule has 5 nitrogen and oxygen atoms in total. The lowest BCUT2D eigenvalue weighted by molar-refractivity contribution is 0.0698. The van der Waals surface area contributed by atoms with Crippen LogP contribution in [0.5, 0.6) is 0 Å². The predicted molar refractivity (Wildman–Crippen MR) is 56.5 cm³/mol. The Morgan fingerprint density at radius 2 is 2.27 bits per heavy atom. The Kier molecular flexibility index (Phi) is 2.51. The third-order valence-electron chi connectivity index (χ3n) is 1.91. The number of carboxylic acid groups (broad SMARTS) is 1. The van der Waals surface area contributed by atoms with Crippen molar-refractivity contribution in [2.75, 3.05) is 0 Å². The molecule has 0 atom stereocenters. The maximum Gasteiger partial charge on any atom is 0.339 e. The average Bonchev–Trinajstić information content (AvgIpc) is 2.67. The van der Waals surface area contributed by atoms with Gasteiger partial charge in [-0.25, -0.2) is 4.79 Å². The van der Waals surface area contributed by atoms with Crippen LogP contribution in [0.4, 0.5) is 0 Å². The number of rotatable bonds is 2. The largest absolute Gasteiger partial charge is 0.478 e. The summed E-state index contributed by atoms with van der Waals surface area (Å²) in [6.07, 6.45) is 4.47. The van der Waals surface area contributed by atoms with Crippen LogP contribution in [0.1, 0.15) is 10.4 Å². The molecule has 0 fully saturated rings. The molecule has 2 rings (SSSR count). The number of nitrogens with zero attached hydrogens (tertiary/aromatic N) is 2. The van der Waals surface area contributed by atoms with E-state index < -0.39 is 5.97 Å². The Bertz CT molecular complexity index is 510. The minimum Gasteiger partial charge on any atom is -0.478 e. The lowest BCUT2D eigenvalue weighted by Crippen LogP contribution is -1.97. The van der Waals surface area contributed by atoms with E-state index in [0.29, 0.717) is 5.69 Å². The first-order valence-corrected chi connectivity index (χ1v) is 4.86. The molecule has 0 unspecified atom stereocenters. The summed E-state index contributed by atoms with van der Waals surface area (Å²) in [4.78, 5) is 14.8. The molecule has 15 heavy (non-hydrogen) atoms. The van der Waals surface area contributed by atoms with Crippen molar-refractivity contribution < 1.29 is 9.90 Å². The Labute approximate surface area is 93.3 Å². The highest BCUT2D eigenvalue weighted by molar-refractivity contribution is 9.10. The molecule has 0 aliphatic heterocycles. The van der Waals surface area contributed by atoms with Gasteiger partial charge >= 0.3 is 5.97 Å². The van der Waals surface area contributed by atoms with Crippen LogP contribution in [0, 0.1) is 0 Å². The third kappa shape index (κ3) is 1.75. The molecule has 6 heteroatoms. The molecule has 0 amide bonds. The van der Waals surface area contributed by atoms with E-state index in [1.54, 1.807) is 18.5 Å².